The van der Waals surface area contributed by atoms with Crippen molar-refractivity contribution in [1.29, 1.82) is 0 Å². The summed E-state index contributed by atoms with van der Waals surface area (Å²) in [5.74, 6) is 0.297. The van der Waals surface area contributed by atoms with Gasteiger partial charge in [0.25, 0.3) is 0 Å². The van der Waals surface area contributed by atoms with Crippen LogP contribution in [0.25, 0.3) is 0 Å². The van der Waals surface area contributed by atoms with Crippen molar-refractivity contribution in [3.8, 4) is 0 Å². The molecule has 1 saturated carbocycles. The average molecular weight is 181 g/mol. The number of carbonyl (C=O) groups is 1. The van der Waals surface area contributed by atoms with Crippen LogP contribution in [0.2, 0.25) is 0 Å². The molecule has 10 heavy (non-hydrogen) atoms. The van der Waals surface area contributed by atoms with Gasteiger partial charge in [0.15, 0.2) is 5.78 Å². The lowest BCUT2D eigenvalue weighted by molar-refractivity contribution is -0.120. The molecule has 3 heteroatoms. The van der Waals surface area contributed by atoms with E-state index in [-0.39, 0.29) is 16.5 Å². The number of hydrogen-bond acceptors (Lipinski definition) is 1. The molecular weight excluding hydrogens is 171 g/mol. The largest absolute Gasteiger partial charge is 0.296 e. The highest BCUT2D eigenvalue weighted by molar-refractivity contribution is 6.40. The lowest BCUT2D eigenvalue weighted by atomic mass is 9.89. The predicted molar refractivity (Wildman–Crippen MR) is 42.7 cm³/mol. The second-order valence-electron chi connectivity index (χ2n) is 2.83. The zero-order valence-electron chi connectivity index (χ0n) is 5.81. The summed E-state index contributed by atoms with van der Waals surface area (Å²) in [5, 5.41) is -0.685. The highest BCUT2D eigenvalue weighted by atomic mass is 35.5. The number of carbonyl (C=O) groups excluding carboxylic acids is 1. The van der Waals surface area contributed by atoms with E-state index in [9.17, 15) is 4.79 Å². The monoisotopic (exact) mass is 180 g/mol. The van der Waals surface area contributed by atoms with Crippen molar-refractivity contribution in [3.05, 3.63) is 0 Å². The number of rotatable bonds is 0. The van der Waals surface area contributed by atoms with Gasteiger partial charge < -0.3 is 0 Å². The number of alkyl halides is 2. The Balaban J connectivity index is 2.60. The molecule has 3 atom stereocenters. The molecular formula is C7H10Cl2O. The highest BCUT2D eigenvalue weighted by Gasteiger charge is 2.32. The van der Waals surface area contributed by atoms with Gasteiger partial charge in [0.1, 0.15) is 0 Å². The van der Waals surface area contributed by atoms with Crippen LogP contribution >= 0.6 is 23.2 Å². The van der Waals surface area contributed by atoms with E-state index < -0.39 is 0 Å². The smallest absolute Gasteiger partial charge is 0.168 e. The van der Waals surface area contributed by atoms with Crippen LogP contribution in [0.4, 0.5) is 0 Å². The zero-order chi connectivity index (χ0) is 7.72. The van der Waals surface area contributed by atoms with E-state index in [2.05, 4.69) is 0 Å². The SMILES string of the molecule is C[C@@H]1CC[C@@H](Cl)C(=O)[C@@H]1Cl. The van der Waals surface area contributed by atoms with Gasteiger partial charge in [-0.05, 0) is 18.8 Å². The maximum Gasteiger partial charge on any atom is 0.168 e. The van der Waals surface area contributed by atoms with Crippen LogP contribution in [0.1, 0.15) is 19.8 Å². The first kappa shape index (κ1) is 8.35. The lowest BCUT2D eigenvalue weighted by Gasteiger charge is -2.25. The molecule has 0 heterocycles. The van der Waals surface area contributed by atoms with Gasteiger partial charge in [-0.15, -0.1) is 23.2 Å². The molecule has 0 unspecified atom stereocenters. The fourth-order valence-corrected chi connectivity index (χ4v) is 1.76. The molecule has 1 rings (SSSR count). The zero-order valence-corrected chi connectivity index (χ0v) is 7.32. The van der Waals surface area contributed by atoms with Crippen molar-refractivity contribution >= 4 is 29.0 Å². The molecule has 1 aliphatic carbocycles. The topological polar surface area (TPSA) is 17.1 Å². The predicted octanol–water partition coefficient (Wildman–Crippen LogP) is 2.20. The van der Waals surface area contributed by atoms with Crippen LogP contribution in [-0.2, 0) is 4.79 Å². The summed E-state index contributed by atoms with van der Waals surface area (Å²) in [5.41, 5.74) is 0. The summed E-state index contributed by atoms with van der Waals surface area (Å²) in [7, 11) is 0. The van der Waals surface area contributed by atoms with Crippen LogP contribution in [-0.4, -0.2) is 16.5 Å². The van der Waals surface area contributed by atoms with Crippen molar-refractivity contribution in [2.24, 2.45) is 5.92 Å². The molecule has 0 aromatic heterocycles. The summed E-state index contributed by atoms with van der Waals surface area (Å²) in [6, 6.07) is 0. The quantitative estimate of drug-likeness (QED) is 0.523. The third kappa shape index (κ3) is 1.46. The van der Waals surface area contributed by atoms with Crippen molar-refractivity contribution < 1.29 is 4.79 Å². The van der Waals surface area contributed by atoms with E-state index in [0.29, 0.717) is 5.92 Å². The van der Waals surface area contributed by atoms with Gasteiger partial charge in [0, 0.05) is 0 Å². The van der Waals surface area contributed by atoms with Crippen LogP contribution in [0.5, 0.6) is 0 Å². The highest BCUT2D eigenvalue weighted by Crippen LogP contribution is 2.28. The van der Waals surface area contributed by atoms with Crippen molar-refractivity contribution in [2.45, 2.75) is 30.5 Å². The van der Waals surface area contributed by atoms with Gasteiger partial charge in [-0.25, -0.2) is 0 Å². The first-order chi connectivity index (χ1) is 4.63. The Morgan fingerprint density at radius 1 is 1.40 bits per heavy atom. The Hall–Kier alpha value is 0.250. The minimum Gasteiger partial charge on any atom is -0.296 e. The molecule has 1 aliphatic rings. The molecule has 58 valence electrons. The Bertz CT molecular complexity index is 147. The second kappa shape index (κ2) is 3.10. The van der Waals surface area contributed by atoms with E-state index >= 15 is 0 Å². The van der Waals surface area contributed by atoms with Crippen molar-refractivity contribution in [3.63, 3.8) is 0 Å². The van der Waals surface area contributed by atoms with Gasteiger partial charge in [-0.3, -0.25) is 4.79 Å². The van der Waals surface area contributed by atoms with Crippen LogP contribution in [0, 0.1) is 5.92 Å². The maximum absolute atomic E-state index is 11.1. The summed E-state index contributed by atoms with van der Waals surface area (Å²) in [6.07, 6.45) is 1.75. The molecule has 0 N–H and O–H groups in total. The minimum atomic E-state index is -0.351. The van der Waals surface area contributed by atoms with Gasteiger partial charge in [-0.2, -0.15) is 0 Å². The van der Waals surface area contributed by atoms with Crippen LogP contribution in [0.3, 0.4) is 0 Å². The average Bonchev–Trinajstić information content (AvgIpc) is 1.93. The Kier molecular flexibility index (Phi) is 2.59. The van der Waals surface area contributed by atoms with E-state index in [1.54, 1.807) is 0 Å². The molecule has 0 saturated heterocycles. The molecule has 0 aromatic rings. The van der Waals surface area contributed by atoms with Crippen LogP contribution in [0.15, 0.2) is 0 Å². The van der Waals surface area contributed by atoms with Crippen LogP contribution < -0.4 is 0 Å². The van der Waals surface area contributed by atoms with Crippen molar-refractivity contribution in [1.82, 2.24) is 0 Å². The first-order valence-corrected chi connectivity index (χ1v) is 4.32. The van der Waals surface area contributed by atoms with E-state index in [4.69, 9.17) is 23.2 Å². The van der Waals surface area contributed by atoms with Crippen molar-refractivity contribution in [2.75, 3.05) is 0 Å². The first-order valence-electron chi connectivity index (χ1n) is 3.45. The summed E-state index contributed by atoms with van der Waals surface area (Å²) < 4.78 is 0. The van der Waals surface area contributed by atoms with E-state index in [1.807, 2.05) is 6.92 Å². The third-order valence-corrected chi connectivity index (χ3v) is 3.03. The Labute approximate surface area is 70.7 Å². The fraction of sp³-hybridized carbons (Fsp3) is 0.857. The normalized spacial score (nSPS) is 41.9. The second-order valence-corrected chi connectivity index (χ2v) is 3.82. The minimum absolute atomic E-state index is 0.00193. The molecule has 1 fully saturated rings. The fourth-order valence-electron chi connectivity index (χ4n) is 1.15. The number of hydrogen-bond donors (Lipinski definition) is 0. The number of Topliss-reactive ketones (excluding diaryl/α,β-unsaturated/α-hetero) is 1. The maximum atomic E-state index is 11.1. The van der Waals surface area contributed by atoms with Gasteiger partial charge in [0.05, 0.1) is 10.8 Å². The summed E-state index contributed by atoms with van der Waals surface area (Å²) in [4.78, 5) is 11.1. The third-order valence-electron chi connectivity index (χ3n) is 1.96. The molecule has 0 aliphatic heterocycles. The van der Waals surface area contributed by atoms with E-state index in [0.717, 1.165) is 12.8 Å². The Morgan fingerprint density at radius 3 is 2.50 bits per heavy atom. The summed E-state index contributed by atoms with van der Waals surface area (Å²) in [6.45, 7) is 1.98. The molecule has 0 radical (unpaired) electrons. The summed E-state index contributed by atoms with van der Waals surface area (Å²) >= 11 is 11.5. The number of halogens is 2. The Morgan fingerprint density at radius 2 is 2.00 bits per heavy atom. The molecule has 0 aromatic carbocycles. The molecule has 0 bridgehead atoms. The standard InChI is InChI=1S/C7H10Cl2O/c1-4-2-3-5(8)7(10)6(4)9/h4-6H,2-3H2,1H3/t4-,5-,6-/m1/s1. The van der Waals surface area contributed by atoms with E-state index in [1.165, 1.54) is 0 Å². The lowest BCUT2D eigenvalue weighted by Crippen LogP contribution is -2.35. The number of ketones is 1. The molecule has 0 amide bonds. The molecule has 0 spiro atoms. The van der Waals surface area contributed by atoms with Gasteiger partial charge in [-0.1, -0.05) is 6.92 Å². The van der Waals surface area contributed by atoms with Gasteiger partial charge in [0.2, 0.25) is 0 Å². The molecule has 1 nitrogen and oxygen atoms in total. The van der Waals surface area contributed by atoms with Gasteiger partial charge >= 0.3 is 0 Å².